The maximum atomic E-state index is 11.7. The zero-order valence-electron chi connectivity index (χ0n) is 11.4. The smallest absolute Gasteiger partial charge is 0.262 e. The number of ether oxygens (including phenoxy) is 1. The largest absolute Gasteiger partial charge is 0.481 e. The van der Waals surface area contributed by atoms with Gasteiger partial charge in [0, 0.05) is 32.3 Å². The van der Waals surface area contributed by atoms with Gasteiger partial charge in [0.15, 0.2) is 6.10 Å². The van der Waals surface area contributed by atoms with Gasteiger partial charge in [-0.1, -0.05) is 6.07 Å². The average Bonchev–Trinajstić information content (AvgIpc) is 2.37. The number of carbonyl (C=O) groups is 2. The third-order valence-corrected chi connectivity index (χ3v) is 3.08. The predicted octanol–water partition coefficient (Wildman–Crippen LogP) is 1.43. The van der Waals surface area contributed by atoms with Gasteiger partial charge in [0.1, 0.15) is 5.75 Å². The van der Waals surface area contributed by atoms with E-state index in [1.807, 2.05) is 12.1 Å². The number of aryl methyl sites for hydroxylation is 1. The molecule has 1 heterocycles. The number of hydrogen-bond acceptors (Lipinski definition) is 3. The van der Waals surface area contributed by atoms with Gasteiger partial charge < -0.3 is 15.0 Å². The zero-order valence-corrected chi connectivity index (χ0v) is 11.4. The molecular weight excluding hydrogens is 244 g/mol. The number of amides is 2. The van der Waals surface area contributed by atoms with Crippen LogP contribution in [0.3, 0.4) is 0 Å². The fourth-order valence-corrected chi connectivity index (χ4v) is 2.04. The summed E-state index contributed by atoms with van der Waals surface area (Å²) in [5.41, 5.74) is 1.87. The summed E-state index contributed by atoms with van der Waals surface area (Å²) >= 11 is 0. The van der Waals surface area contributed by atoms with E-state index in [1.165, 1.54) is 4.90 Å². The number of nitrogens with zero attached hydrogens (tertiary/aromatic N) is 1. The van der Waals surface area contributed by atoms with E-state index in [9.17, 15) is 9.59 Å². The van der Waals surface area contributed by atoms with Crippen molar-refractivity contribution in [2.75, 3.05) is 19.4 Å². The van der Waals surface area contributed by atoms with E-state index in [0.29, 0.717) is 12.2 Å². The van der Waals surface area contributed by atoms with Crippen LogP contribution in [0.2, 0.25) is 0 Å². The summed E-state index contributed by atoms with van der Waals surface area (Å²) in [5, 5.41) is 2.81. The molecule has 0 fully saturated rings. The van der Waals surface area contributed by atoms with Gasteiger partial charge in [-0.05, 0) is 25.0 Å². The van der Waals surface area contributed by atoms with E-state index in [0.717, 1.165) is 17.7 Å². The molecule has 0 aromatic heterocycles. The molecule has 1 aliphatic rings. The lowest BCUT2D eigenvalue weighted by Gasteiger charge is -2.21. The van der Waals surface area contributed by atoms with E-state index in [2.05, 4.69) is 5.32 Å². The highest BCUT2D eigenvalue weighted by Gasteiger charge is 2.19. The van der Waals surface area contributed by atoms with Gasteiger partial charge in [-0.25, -0.2) is 0 Å². The van der Waals surface area contributed by atoms with Crippen molar-refractivity contribution in [3.05, 3.63) is 23.8 Å². The number of hydrogen-bond donors (Lipinski definition) is 1. The Hall–Kier alpha value is -2.04. The Balaban J connectivity index is 2.12. The van der Waals surface area contributed by atoms with Crippen molar-refractivity contribution < 1.29 is 14.3 Å². The Bertz CT molecular complexity index is 511. The molecule has 5 heteroatoms. The molecule has 1 aromatic carbocycles. The molecule has 19 heavy (non-hydrogen) atoms. The van der Waals surface area contributed by atoms with Crippen molar-refractivity contribution in [1.29, 1.82) is 0 Å². The Morgan fingerprint density at radius 2 is 2.11 bits per heavy atom. The highest BCUT2D eigenvalue weighted by atomic mass is 16.5. The van der Waals surface area contributed by atoms with E-state index in [1.54, 1.807) is 27.1 Å². The number of likely N-dealkylation sites (N-methyl/N-ethyl adjacent to an activating group) is 1. The maximum Gasteiger partial charge on any atom is 0.262 e. The lowest BCUT2D eigenvalue weighted by atomic mass is 10.0. The third kappa shape index (κ3) is 3.05. The number of rotatable bonds is 3. The molecule has 1 N–H and O–H groups in total. The van der Waals surface area contributed by atoms with Crippen LogP contribution in [0.15, 0.2) is 18.2 Å². The number of fused-ring (bicyclic) bond motifs is 1. The van der Waals surface area contributed by atoms with Crippen LogP contribution in [0.4, 0.5) is 5.69 Å². The first-order chi connectivity index (χ1) is 8.97. The highest BCUT2D eigenvalue weighted by Crippen LogP contribution is 2.27. The van der Waals surface area contributed by atoms with Crippen LogP contribution in [-0.4, -0.2) is 36.9 Å². The van der Waals surface area contributed by atoms with Crippen molar-refractivity contribution in [1.82, 2.24) is 4.90 Å². The highest BCUT2D eigenvalue weighted by molar-refractivity contribution is 5.94. The molecule has 0 spiro atoms. The van der Waals surface area contributed by atoms with Crippen LogP contribution in [0.1, 0.15) is 18.9 Å². The Labute approximate surface area is 112 Å². The first kappa shape index (κ1) is 13.4. The Kier molecular flexibility index (Phi) is 3.74. The van der Waals surface area contributed by atoms with Gasteiger partial charge in [0.2, 0.25) is 5.91 Å². The van der Waals surface area contributed by atoms with Gasteiger partial charge in [0.25, 0.3) is 5.91 Å². The fraction of sp³-hybridized carbons (Fsp3) is 0.429. The maximum absolute atomic E-state index is 11.7. The molecular formula is C14H18N2O3. The molecule has 1 atom stereocenters. The van der Waals surface area contributed by atoms with Crippen LogP contribution in [0, 0.1) is 0 Å². The number of carbonyl (C=O) groups excluding carboxylic acids is 2. The molecule has 5 nitrogen and oxygen atoms in total. The fourth-order valence-electron chi connectivity index (χ4n) is 2.04. The minimum Gasteiger partial charge on any atom is -0.481 e. The quantitative estimate of drug-likeness (QED) is 0.896. The molecule has 0 radical (unpaired) electrons. The van der Waals surface area contributed by atoms with Gasteiger partial charge in [-0.15, -0.1) is 0 Å². The summed E-state index contributed by atoms with van der Waals surface area (Å²) in [6.07, 6.45) is 0.712. The summed E-state index contributed by atoms with van der Waals surface area (Å²) in [5.74, 6) is 0.507. The van der Waals surface area contributed by atoms with Gasteiger partial charge >= 0.3 is 0 Å². The molecule has 0 saturated carbocycles. The van der Waals surface area contributed by atoms with Crippen molar-refractivity contribution in [3.63, 3.8) is 0 Å². The van der Waals surface area contributed by atoms with E-state index >= 15 is 0 Å². The monoisotopic (exact) mass is 262 g/mol. The second-order valence-corrected chi connectivity index (χ2v) is 4.86. The number of anilines is 1. The van der Waals surface area contributed by atoms with Gasteiger partial charge in [-0.3, -0.25) is 9.59 Å². The summed E-state index contributed by atoms with van der Waals surface area (Å²) in [6.45, 7) is 1.71. The van der Waals surface area contributed by atoms with Crippen LogP contribution in [0.25, 0.3) is 0 Å². The minimum absolute atomic E-state index is 0.0158. The van der Waals surface area contributed by atoms with Crippen molar-refractivity contribution in [3.8, 4) is 5.75 Å². The first-order valence-corrected chi connectivity index (χ1v) is 6.28. The summed E-state index contributed by atoms with van der Waals surface area (Å²) in [6, 6.07) is 5.53. The standard InChI is InChI=1S/C14H18N2O3/c1-9(14(18)16(2)3)19-11-6-4-10-5-7-13(17)15-12(10)8-11/h4,6,8-9H,5,7H2,1-3H3,(H,15,17). The average molecular weight is 262 g/mol. The second-order valence-electron chi connectivity index (χ2n) is 4.86. The van der Waals surface area contributed by atoms with Crippen molar-refractivity contribution in [2.45, 2.75) is 25.9 Å². The Morgan fingerprint density at radius 1 is 1.37 bits per heavy atom. The second kappa shape index (κ2) is 5.30. The van der Waals surface area contributed by atoms with Crippen LogP contribution < -0.4 is 10.1 Å². The van der Waals surface area contributed by atoms with Crippen LogP contribution in [0.5, 0.6) is 5.75 Å². The van der Waals surface area contributed by atoms with E-state index < -0.39 is 6.10 Å². The molecule has 1 aromatic rings. The predicted molar refractivity (Wildman–Crippen MR) is 72.2 cm³/mol. The minimum atomic E-state index is -0.549. The van der Waals surface area contributed by atoms with Crippen molar-refractivity contribution >= 4 is 17.5 Å². The topological polar surface area (TPSA) is 58.6 Å². The molecule has 102 valence electrons. The number of nitrogens with one attached hydrogen (secondary N) is 1. The van der Waals surface area contributed by atoms with E-state index in [-0.39, 0.29) is 11.8 Å². The molecule has 0 saturated heterocycles. The lowest BCUT2D eigenvalue weighted by molar-refractivity contribution is -0.135. The van der Waals surface area contributed by atoms with Crippen LogP contribution in [-0.2, 0) is 16.0 Å². The molecule has 1 aliphatic heterocycles. The van der Waals surface area contributed by atoms with Gasteiger partial charge in [-0.2, -0.15) is 0 Å². The van der Waals surface area contributed by atoms with Gasteiger partial charge in [0.05, 0.1) is 0 Å². The van der Waals surface area contributed by atoms with Crippen molar-refractivity contribution in [2.24, 2.45) is 0 Å². The normalized spacial score (nSPS) is 15.2. The zero-order chi connectivity index (χ0) is 14.0. The summed E-state index contributed by atoms with van der Waals surface area (Å²) in [4.78, 5) is 24.6. The molecule has 2 rings (SSSR count). The first-order valence-electron chi connectivity index (χ1n) is 6.28. The molecule has 0 bridgehead atoms. The third-order valence-electron chi connectivity index (χ3n) is 3.08. The van der Waals surface area contributed by atoms with Crippen LogP contribution >= 0.6 is 0 Å². The molecule has 1 unspecified atom stereocenters. The van der Waals surface area contributed by atoms with E-state index in [4.69, 9.17) is 4.74 Å². The molecule has 2 amide bonds. The Morgan fingerprint density at radius 3 is 2.79 bits per heavy atom. The molecule has 0 aliphatic carbocycles. The summed E-state index contributed by atoms with van der Waals surface area (Å²) < 4.78 is 5.60. The lowest BCUT2D eigenvalue weighted by Crippen LogP contribution is -2.35. The SMILES string of the molecule is CC(Oc1ccc2c(c1)NC(=O)CC2)C(=O)N(C)C. The summed E-state index contributed by atoms with van der Waals surface area (Å²) in [7, 11) is 3.38. The number of benzene rings is 1.